The lowest BCUT2D eigenvalue weighted by molar-refractivity contribution is -0.145. The third-order valence-corrected chi connectivity index (χ3v) is 4.20. The van der Waals surface area contributed by atoms with Crippen LogP contribution in [-0.4, -0.2) is 36.5 Å². The first-order valence-corrected chi connectivity index (χ1v) is 8.33. The fraction of sp³-hybridized carbons (Fsp3) is 0.200. The molecule has 1 atom stereocenters. The highest BCUT2D eigenvalue weighted by Crippen LogP contribution is 2.33. The zero-order chi connectivity index (χ0) is 19.6. The van der Waals surface area contributed by atoms with Crippen LogP contribution in [0.2, 0.25) is 0 Å². The fourth-order valence-corrected chi connectivity index (χ4v) is 2.93. The number of esters is 1. The van der Waals surface area contributed by atoms with E-state index in [1.165, 1.54) is 36.4 Å². The Morgan fingerprint density at radius 3 is 2.37 bits per heavy atom. The highest BCUT2D eigenvalue weighted by atomic mass is 16.6. The Hall–Kier alpha value is -3.48. The Bertz CT molecular complexity index is 932. The highest BCUT2D eigenvalue weighted by Gasteiger charge is 2.44. The number of hydrogen-bond acceptors (Lipinski definition) is 7. The second-order valence-corrected chi connectivity index (χ2v) is 5.91. The van der Waals surface area contributed by atoms with Crippen LogP contribution in [0.15, 0.2) is 42.5 Å². The second-order valence-electron chi connectivity index (χ2n) is 5.91. The summed E-state index contributed by atoms with van der Waals surface area (Å²) in [7, 11) is 0. The zero-order valence-electron chi connectivity index (χ0n) is 14.6. The van der Waals surface area contributed by atoms with E-state index in [4.69, 9.17) is 15.2 Å². The van der Waals surface area contributed by atoms with Gasteiger partial charge in [-0.25, -0.2) is 4.79 Å². The van der Waals surface area contributed by atoms with Crippen molar-refractivity contribution >= 4 is 29.0 Å². The van der Waals surface area contributed by atoms with Crippen molar-refractivity contribution in [3.63, 3.8) is 0 Å². The third-order valence-electron chi connectivity index (χ3n) is 4.20. The Morgan fingerprint density at radius 1 is 1.04 bits per heavy atom. The molecule has 27 heavy (non-hydrogen) atoms. The molecule has 0 bridgehead atoms. The van der Waals surface area contributed by atoms with Gasteiger partial charge in [0.25, 0.3) is 0 Å². The first-order valence-electron chi connectivity index (χ1n) is 8.33. The van der Waals surface area contributed by atoms with Crippen molar-refractivity contribution in [2.45, 2.75) is 6.92 Å². The van der Waals surface area contributed by atoms with Crippen LogP contribution < -0.4 is 10.5 Å². The van der Waals surface area contributed by atoms with Gasteiger partial charge in [-0.2, -0.15) is 0 Å². The fourth-order valence-electron chi connectivity index (χ4n) is 2.93. The smallest absolute Gasteiger partial charge is 0.344 e. The number of rotatable bonds is 6. The molecule has 1 unspecified atom stereocenters. The summed E-state index contributed by atoms with van der Waals surface area (Å²) in [6, 6.07) is 10.4. The SMILES string of the molecule is CCOC(=O)COc1ccc(C(=O)C2C(=O)c3cccc(N)c3C2=O)cc1. The predicted molar refractivity (Wildman–Crippen MR) is 95.9 cm³/mol. The minimum Gasteiger partial charge on any atom is -0.482 e. The lowest BCUT2D eigenvalue weighted by Gasteiger charge is -2.08. The van der Waals surface area contributed by atoms with Gasteiger partial charge in [-0.3, -0.25) is 14.4 Å². The van der Waals surface area contributed by atoms with Crippen LogP contribution in [0.25, 0.3) is 0 Å². The van der Waals surface area contributed by atoms with E-state index in [2.05, 4.69) is 0 Å². The van der Waals surface area contributed by atoms with Crippen molar-refractivity contribution < 1.29 is 28.7 Å². The van der Waals surface area contributed by atoms with E-state index >= 15 is 0 Å². The van der Waals surface area contributed by atoms with Gasteiger partial charge >= 0.3 is 5.97 Å². The van der Waals surface area contributed by atoms with Crippen LogP contribution in [0.3, 0.4) is 0 Å². The molecule has 0 fully saturated rings. The lowest BCUT2D eigenvalue weighted by Crippen LogP contribution is -2.25. The third kappa shape index (κ3) is 3.44. The van der Waals surface area contributed by atoms with Crippen molar-refractivity contribution in [2.75, 3.05) is 18.9 Å². The molecule has 3 rings (SSSR count). The second kappa shape index (κ2) is 7.41. The molecule has 138 valence electrons. The van der Waals surface area contributed by atoms with Crippen LogP contribution in [0.5, 0.6) is 5.75 Å². The molecule has 0 saturated heterocycles. The monoisotopic (exact) mass is 367 g/mol. The van der Waals surface area contributed by atoms with Gasteiger partial charge in [0, 0.05) is 16.8 Å². The Labute approximate surface area is 155 Å². The molecule has 0 radical (unpaired) electrons. The maximum absolute atomic E-state index is 12.7. The number of nitrogens with two attached hydrogens (primary N) is 1. The zero-order valence-corrected chi connectivity index (χ0v) is 14.6. The number of benzene rings is 2. The number of Topliss-reactive ketones (excluding diaryl/α,β-unsaturated/α-hetero) is 3. The Morgan fingerprint density at radius 2 is 1.74 bits per heavy atom. The summed E-state index contributed by atoms with van der Waals surface area (Å²) < 4.78 is 10.0. The molecule has 7 nitrogen and oxygen atoms in total. The first kappa shape index (κ1) is 18.3. The molecular weight excluding hydrogens is 350 g/mol. The van der Waals surface area contributed by atoms with Crippen LogP contribution in [-0.2, 0) is 9.53 Å². The highest BCUT2D eigenvalue weighted by molar-refractivity contribution is 6.39. The number of ketones is 3. The van der Waals surface area contributed by atoms with Crippen molar-refractivity contribution in [2.24, 2.45) is 5.92 Å². The summed E-state index contributed by atoms with van der Waals surface area (Å²) in [5.41, 5.74) is 6.44. The quantitative estimate of drug-likeness (QED) is 0.360. The molecule has 1 aliphatic rings. The lowest BCUT2D eigenvalue weighted by atomic mass is 9.93. The molecule has 0 amide bonds. The normalized spacial score (nSPS) is 15.4. The average Bonchev–Trinajstić information content (AvgIpc) is 2.92. The molecule has 0 aliphatic heterocycles. The van der Waals surface area contributed by atoms with Crippen LogP contribution in [0, 0.1) is 5.92 Å². The molecule has 0 heterocycles. The number of carbonyl (C=O) groups excluding carboxylic acids is 4. The number of fused-ring (bicyclic) bond motifs is 1. The van der Waals surface area contributed by atoms with Gasteiger partial charge in [0.05, 0.1) is 12.2 Å². The van der Waals surface area contributed by atoms with Gasteiger partial charge in [0.1, 0.15) is 11.7 Å². The summed E-state index contributed by atoms with van der Waals surface area (Å²) in [4.78, 5) is 49.1. The van der Waals surface area contributed by atoms with Crippen molar-refractivity contribution in [1.29, 1.82) is 0 Å². The van der Waals surface area contributed by atoms with Gasteiger partial charge in [-0.1, -0.05) is 12.1 Å². The van der Waals surface area contributed by atoms with E-state index in [-0.39, 0.29) is 35.6 Å². The topological polar surface area (TPSA) is 113 Å². The van der Waals surface area contributed by atoms with E-state index in [0.717, 1.165) is 0 Å². The molecule has 1 aliphatic carbocycles. The number of hydrogen-bond donors (Lipinski definition) is 1. The molecular formula is C20H17NO6. The van der Waals surface area contributed by atoms with Crippen molar-refractivity contribution in [1.82, 2.24) is 0 Å². The van der Waals surface area contributed by atoms with E-state index in [1.54, 1.807) is 13.0 Å². The first-order chi connectivity index (χ1) is 12.9. The van der Waals surface area contributed by atoms with Gasteiger partial charge in [-0.05, 0) is 37.3 Å². The minimum absolute atomic E-state index is 0.107. The predicted octanol–water partition coefficient (Wildman–Crippen LogP) is 2.09. The van der Waals surface area contributed by atoms with Crippen LogP contribution in [0.1, 0.15) is 38.0 Å². The number of anilines is 1. The van der Waals surface area contributed by atoms with E-state index < -0.39 is 29.2 Å². The van der Waals surface area contributed by atoms with Crippen molar-refractivity contribution in [3.05, 3.63) is 59.2 Å². The summed E-state index contributed by atoms with van der Waals surface area (Å²) in [5.74, 6) is -3.30. The standard InChI is InChI=1S/C20H17NO6/c1-2-26-15(22)10-27-12-8-6-11(7-9-12)18(23)17-19(24)13-4-3-5-14(21)16(13)20(17)25/h3-9,17H,2,10,21H2,1H3. The van der Waals surface area contributed by atoms with Crippen molar-refractivity contribution in [3.8, 4) is 5.75 Å². The molecule has 0 saturated carbocycles. The van der Waals surface area contributed by atoms with Gasteiger partial charge in [0.2, 0.25) is 0 Å². The summed E-state index contributed by atoms with van der Waals surface area (Å²) in [6.07, 6.45) is 0. The van der Waals surface area contributed by atoms with Gasteiger partial charge in [0.15, 0.2) is 24.0 Å². The molecule has 2 aromatic rings. The number of ether oxygens (including phenoxy) is 2. The van der Waals surface area contributed by atoms with Crippen LogP contribution >= 0.6 is 0 Å². The maximum Gasteiger partial charge on any atom is 0.344 e. The Kier molecular flexibility index (Phi) is 5.03. The van der Waals surface area contributed by atoms with E-state index in [1.807, 2.05) is 0 Å². The summed E-state index contributed by atoms with van der Waals surface area (Å²) in [5, 5.41) is 0. The Balaban J connectivity index is 1.75. The van der Waals surface area contributed by atoms with E-state index in [0.29, 0.717) is 5.75 Å². The summed E-state index contributed by atoms with van der Waals surface area (Å²) in [6.45, 7) is 1.69. The number of carbonyl (C=O) groups is 4. The minimum atomic E-state index is -1.42. The molecule has 7 heteroatoms. The summed E-state index contributed by atoms with van der Waals surface area (Å²) >= 11 is 0. The van der Waals surface area contributed by atoms with Gasteiger partial charge < -0.3 is 15.2 Å². The van der Waals surface area contributed by atoms with Gasteiger partial charge in [-0.15, -0.1) is 0 Å². The largest absolute Gasteiger partial charge is 0.482 e. The molecule has 2 N–H and O–H groups in total. The molecule has 2 aromatic carbocycles. The number of nitrogen functional groups attached to an aromatic ring is 1. The van der Waals surface area contributed by atoms with E-state index in [9.17, 15) is 19.2 Å². The maximum atomic E-state index is 12.7. The average molecular weight is 367 g/mol. The molecule has 0 aromatic heterocycles. The molecule has 0 spiro atoms. The van der Waals surface area contributed by atoms with Crippen LogP contribution in [0.4, 0.5) is 5.69 Å².